The highest BCUT2D eigenvalue weighted by atomic mass is 32.1. The zero-order valence-electron chi connectivity index (χ0n) is 9.23. The van der Waals surface area contributed by atoms with Gasteiger partial charge in [0, 0.05) is 25.2 Å². The summed E-state index contributed by atoms with van der Waals surface area (Å²) in [6.45, 7) is 1.15. The van der Waals surface area contributed by atoms with Crippen molar-refractivity contribution >= 4 is 22.9 Å². The number of alkyl halides is 1. The molecular weight excluding hydrogens is 223 g/mol. The van der Waals surface area contributed by atoms with Crippen LogP contribution in [0.4, 0.5) is 10.1 Å². The van der Waals surface area contributed by atoms with Crippen molar-refractivity contribution in [3.8, 4) is 0 Å². The molecular formula is C12H17FN2S. The monoisotopic (exact) mass is 240 g/mol. The second kappa shape index (κ2) is 7.17. The lowest BCUT2D eigenvalue weighted by molar-refractivity contribution is 0.471. The molecule has 0 saturated carbocycles. The Morgan fingerprint density at radius 2 is 1.94 bits per heavy atom. The third kappa shape index (κ3) is 4.57. The Morgan fingerprint density at radius 3 is 2.50 bits per heavy atom. The highest BCUT2D eigenvalue weighted by Crippen LogP contribution is 2.13. The van der Waals surface area contributed by atoms with E-state index in [1.54, 1.807) is 0 Å². The van der Waals surface area contributed by atoms with Gasteiger partial charge in [-0.1, -0.05) is 30.4 Å². The molecule has 2 N–H and O–H groups in total. The molecule has 0 atom stereocenters. The fraction of sp³-hybridized carbons (Fsp3) is 0.417. The summed E-state index contributed by atoms with van der Waals surface area (Å²) in [7, 11) is 0. The topological polar surface area (TPSA) is 29.3 Å². The maximum Gasteiger partial charge on any atom is 0.0911 e. The number of rotatable bonds is 7. The summed E-state index contributed by atoms with van der Waals surface area (Å²) in [6.07, 6.45) is 1.20. The molecule has 4 heteroatoms. The zero-order valence-corrected chi connectivity index (χ0v) is 10.0. The van der Waals surface area contributed by atoms with Crippen LogP contribution in [0, 0.1) is 0 Å². The van der Waals surface area contributed by atoms with Crippen molar-refractivity contribution in [1.82, 2.24) is 0 Å². The normalized spacial score (nSPS) is 10.1. The number of anilines is 1. The standard InChI is InChI=1S/C12H17FN2S/c13-8-4-9-15(10-7-12(14)16)11-5-2-1-3-6-11/h1-3,5-6H,4,7-10H2,(H2,14,16). The van der Waals surface area contributed by atoms with Gasteiger partial charge in [0.25, 0.3) is 0 Å². The van der Waals surface area contributed by atoms with Gasteiger partial charge < -0.3 is 10.6 Å². The molecule has 1 aromatic carbocycles. The summed E-state index contributed by atoms with van der Waals surface area (Å²) in [5.74, 6) is 0. The van der Waals surface area contributed by atoms with E-state index >= 15 is 0 Å². The molecule has 0 heterocycles. The Balaban J connectivity index is 2.59. The molecule has 0 aliphatic heterocycles. The van der Waals surface area contributed by atoms with E-state index < -0.39 is 0 Å². The number of para-hydroxylation sites is 1. The van der Waals surface area contributed by atoms with Crippen LogP contribution in [0.1, 0.15) is 12.8 Å². The molecule has 0 saturated heterocycles. The zero-order chi connectivity index (χ0) is 11.8. The largest absolute Gasteiger partial charge is 0.393 e. The third-order valence-corrected chi connectivity index (χ3v) is 2.52. The van der Waals surface area contributed by atoms with E-state index in [1.807, 2.05) is 30.3 Å². The minimum Gasteiger partial charge on any atom is -0.393 e. The SMILES string of the molecule is NC(=S)CCN(CCCF)c1ccccc1. The predicted molar refractivity (Wildman–Crippen MR) is 70.6 cm³/mol. The van der Waals surface area contributed by atoms with Crippen molar-refractivity contribution in [3.05, 3.63) is 30.3 Å². The number of hydrogen-bond donors (Lipinski definition) is 1. The van der Waals surface area contributed by atoms with Crippen LogP contribution in [0.15, 0.2) is 30.3 Å². The lowest BCUT2D eigenvalue weighted by Gasteiger charge is -2.24. The van der Waals surface area contributed by atoms with Gasteiger partial charge in [-0.05, 0) is 18.6 Å². The molecule has 2 nitrogen and oxygen atoms in total. The molecule has 0 radical (unpaired) electrons. The van der Waals surface area contributed by atoms with E-state index in [0.717, 1.165) is 12.2 Å². The average molecular weight is 240 g/mol. The number of nitrogens with zero attached hydrogens (tertiary/aromatic N) is 1. The molecule has 1 rings (SSSR count). The number of benzene rings is 1. The molecule has 0 aliphatic rings. The van der Waals surface area contributed by atoms with Gasteiger partial charge in [0.15, 0.2) is 0 Å². The van der Waals surface area contributed by atoms with E-state index in [0.29, 0.717) is 24.4 Å². The maximum atomic E-state index is 12.2. The first kappa shape index (κ1) is 12.9. The van der Waals surface area contributed by atoms with E-state index in [1.165, 1.54) is 0 Å². The van der Waals surface area contributed by atoms with Crippen LogP contribution in [0.5, 0.6) is 0 Å². The van der Waals surface area contributed by atoms with Crippen molar-refractivity contribution in [1.29, 1.82) is 0 Å². The minimum absolute atomic E-state index is 0.295. The Bertz CT molecular complexity index is 316. The first-order chi connectivity index (χ1) is 7.74. The maximum absolute atomic E-state index is 12.2. The first-order valence-electron chi connectivity index (χ1n) is 5.38. The Hall–Kier alpha value is -1.16. The quantitative estimate of drug-likeness (QED) is 0.743. The average Bonchev–Trinajstić information content (AvgIpc) is 2.30. The lowest BCUT2D eigenvalue weighted by Crippen LogP contribution is -2.28. The van der Waals surface area contributed by atoms with Crippen LogP contribution in [0.3, 0.4) is 0 Å². The van der Waals surface area contributed by atoms with Gasteiger partial charge in [0.2, 0.25) is 0 Å². The van der Waals surface area contributed by atoms with Crippen molar-refractivity contribution in [3.63, 3.8) is 0 Å². The smallest absolute Gasteiger partial charge is 0.0911 e. The number of halogens is 1. The van der Waals surface area contributed by atoms with E-state index in [2.05, 4.69) is 4.90 Å². The van der Waals surface area contributed by atoms with Gasteiger partial charge in [0.1, 0.15) is 0 Å². The molecule has 0 bridgehead atoms. The Kier molecular flexibility index (Phi) is 5.78. The van der Waals surface area contributed by atoms with Gasteiger partial charge in [0.05, 0.1) is 11.7 Å². The van der Waals surface area contributed by atoms with Gasteiger partial charge in [-0.2, -0.15) is 0 Å². The second-order valence-electron chi connectivity index (χ2n) is 3.58. The van der Waals surface area contributed by atoms with Crippen LogP contribution in [-0.2, 0) is 0 Å². The van der Waals surface area contributed by atoms with Gasteiger partial charge in [-0.3, -0.25) is 4.39 Å². The first-order valence-corrected chi connectivity index (χ1v) is 5.79. The van der Waals surface area contributed by atoms with Crippen LogP contribution in [-0.4, -0.2) is 24.8 Å². The number of thiocarbonyl (C=S) groups is 1. The fourth-order valence-electron chi connectivity index (χ4n) is 1.50. The Morgan fingerprint density at radius 1 is 1.25 bits per heavy atom. The Labute approximate surface area is 101 Å². The van der Waals surface area contributed by atoms with E-state index in [9.17, 15) is 4.39 Å². The highest BCUT2D eigenvalue weighted by Gasteiger charge is 2.05. The predicted octanol–water partition coefficient (Wildman–Crippen LogP) is 2.53. The van der Waals surface area contributed by atoms with Gasteiger partial charge in [-0.15, -0.1) is 0 Å². The fourth-order valence-corrected chi connectivity index (χ4v) is 1.60. The molecule has 0 aliphatic carbocycles. The van der Waals surface area contributed by atoms with Gasteiger partial charge >= 0.3 is 0 Å². The van der Waals surface area contributed by atoms with Crippen LogP contribution < -0.4 is 10.6 Å². The molecule has 0 fully saturated rings. The van der Waals surface area contributed by atoms with Crippen molar-refractivity contribution < 1.29 is 4.39 Å². The van der Waals surface area contributed by atoms with Crippen molar-refractivity contribution in [2.75, 3.05) is 24.7 Å². The summed E-state index contributed by atoms with van der Waals surface area (Å²) in [4.78, 5) is 2.61. The molecule has 1 aromatic rings. The van der Waals surface area contributed by atoms with Crippen LogP contribution in [0.25, 0.3) is 0 Å². The molecule has 0 spiro atoms. The van der Waals surface area contributed by atoms with Crippen LogP contribution in [0.2, 0.25) is 0 Å². The minimum atomic E-state index is -0.295. The lowest BCUT2D eigenvalue weighted by atomic mass is 10.2. The van der Waals surface area contributed by atoms with E-state index in [-0.39, 0.29) is 6.67 Å². The van der Waals surface area contributed by atoms with Crippen molar-refractivity contribution in [2.45, 2.75) is 12.8 Å². The van der Waals surface area contributed by atoms with Crippen molar-refractivity contribution in [2.24, 2.45) is 5.73 Å². The molecule has 0 amide bonds. The highest BCUT2D eigenvalue weighted by molar-refractivity contribution is 7.80. The number of hydrogen-bond acceptors (Lipinski definition) is 2. The number of nitrogens with two attached hydrogens (primary N) is 1. The second-order valence-corrected chi connectivity index (χ2v) is 4.11. The van der Waals surface area contributed by atoms with Crippen LogP contribution >= 0.6 is 12.2 Å². The van der Waals surface area contributed by atoms with E-state index in [4.69, 9.17) is 18.0 Å². The molecule has 0 unspecified atom stereocenters. The summed E-state index contributed by atoms with van der Waals surface area (Å²) < 4.78 is 12.2. The molecule has 0 aromatic heterocycles. The molecule has 88 valence electrons. The molecule has 16 heavy (non-hydrogen) atoms. The summed E-state index contributed by atoms with van der Waals surface area (Å²) >= 11 is 4.85. The summed E-state index contributed by atoms with van der Waals surface area (Å²) in [6, 6.07) is 9.93. The third-order valence-electron chi connectivity index (χ3n) is 2.31. The summed E-state index contributed by atoms with van der Waals surface area (Å²) in [5.41, 5.74) is 6.57. The summed E-state index contributed by atoms with van der Waals surface area (Å²) in [5, 5.41) is 0. The van der Waals surface area contributed by atoms with Gasteiger partial charge in [-0.25, -0.2) is 0 Å².